The van der Waals surface area contributed by atoms with Crippen LogP contribution in [0.2, 0.25) is 0 Å². The summed E-state index contributed by atoms with van der Waals surface area (Å²) in [5.41, 5.74) is 0.454. The van der Waals surface area contributed by atoms with Crippen LogP contribution in [0.25, 0.3) is 0 Å². The van der Waals surface area contributed by atoms with E-state index in [0.717, 1.165) is 0 Å². The molecule has 1 saturated carbocycles. The van der Waals surface area contributed by atoms with Gasteiger partial charge in [0.25, 0.3) is 0 Å². The van der Waals surface area contributed by atoms with Crippen molar-refractivity contribution in [2.75, 3.05) is 0 Å². The Morgan fingerprint density at radius 3 is 2.69 bits per heavy atom. The van der Waals surface area contributed by atoms with E-state index < -0.39 is 0 Å². The summed E-state index contributed by atoms with van der Waals surface area (Å²) in [6.07, 6.45) is 8.28. The average molecular weight is 224 g/mol. The topological polar surface area (TPSA) is 18.5 Å². The number of ether oxygens (including phenoxy) is 2. The van der Waals surface area contributed by atoms with Gasteiger partial charge < -0.3 is 9.47 Å². The zero-order valence-corrected chi connectivity index (χ0v) is 10.9. The van der Waals surface area contributed by atoms with E-state index in [0.29, 0.717) is 23.5 Å². The predicted molar refractivity (Wildman–Crippen MR) is 65.1 cm³/mol. The number of hydrogen-bond acceptors (Lipinski definition) is 2. The highest BCUT2D eigenvalue weighted by atomic mass is 16.7. The lowest BCUT2D eigenvalue weighted by Crippen LogP contribution is -2.48. The zero-order valence-electron chi connectivity index (χ0n) is 10.9. The van der Waals surface area contributed by atoms with Crippen molar-refractivity contribution in [3.8, 4) is 0 Å². The quantitative estimate of drug-likeness (QED) is 0.634. The van der Waals surface area contributed by atoms with E-state index in [1.807, 2.05) is 19.1 Å². The molecule has 92 valence electrons. The van der Waals surface area contributed by atoms with Crippen molar-refractivity contribution >= 4 is 0 Å². The SMILES string of the molecule is C/C=C/C1OC(C)C2CC(C)(C)CCC2O1. The number of allylic oxidation sites excluding steroid dienone is 1. The van der Waals surface area contributed by atoms with E-state index in [-0.39, 0.29) is 6.29 Å². The van der Waals surface area contributed by atoms with Crippen LogP contribution < -0.4 is 0 Å². The Morgan fingerprint density at radius 1 is 1.25 bits per heavy atom. The maximum atomic E-state index is 5.99. The van der Waals surface area contributed by atoms with Crippen molar-refractivity contribution in [3.05, 3.63) is 12.2 Å². The van der Waals surface area contributed by atoms with E-state index in [2.05, 4.69) is 20.8 Å². The summed E-state index contributed by atoms with van der Waals surface area (Å²) in [6.45, 7) is 8.91. The van der Waals surface area contributed by atoms with Crippen molar-refractivity contribution in [1.82, 2.24) is 0 Å². The van der Waals surface area contributed by atoms with Gasteiger partial charge in [-0.3, -0.25) is 0 Å². The van der Waals surface area contributed by atoms with Crippen molar-refractivity contribution in [1.29, 1.82) is 0 Å². The Morgan fingerprint density at radius 2 is 2.00 bits per heavy atom. The summed E-state index contributed by atoms with van der Waals surface area (Å²) < 4.78 is 11.9. The Hall–Kier alpha value is -0.340. The van der Waals surface area contributed by atoms with Crippen LogP contribution in [-0.2, 0) is 9.47 Å². The minimum absolute atomic E-state index is 0.123. The van der Waals surface area contributed by atoms with Crippen LogP contribution >= 0.6 is 0 Å². The predicted octanol–water partition coefficient (Wildman–Crippen LogP) is 3.52. The minimum Gasteiger partial charge on any atom is -0.346 e. The Bertz CT molecular complexity index is 270. The second-order valence-corrected chi connectivity index (χ2v) is 5.98. The number of fused-ring (bicyclic) bond motifs is 1. The summed E-state index contributed by atoms with van der Waals surface area (Å²) in [7, 11) is 0. The minimum atomic E-state index is -0.123. The first kappa shape index (κ1) is 12.1. The third-order valence-corrected chi connectivity index (χ3v) is 3.98. The lowest BCUT2D eigenvalue weighted by molar-refractivity contribution is -0.258. The summed E-state index contributed by atoms with van der Waals surface area (Å²) in [5, 5.41) is 0. The zero-order chi connectivity index (χ0) is 11.8. The fourth-order valence-electron chi connectivity index (χ4n) is 3.02. The highest BCUT2D eigenvalue weighted by molar-refractivity contribution is 4.94. The Balaban J connectivity index is 2.04. The third kappa shape index (κ3) is 2.49. The molecule has 0 amide bonds. The van der Waals surface area contributed by atoms with Crippen LogP contribution in [0.5, 0.6) is 0 Å². The molecule has 1 heterocycles. The molecule has 16 heavy (non-hydrogen) atoms. The Kier molecular flexibility index (Phi) is 3.41. The molecular weight excluding hydrogens is 200 g/mol. The van der Waals surface area contributed by atoms with E-state index in [4.69, 9.17) is 9.47 Å². The van der Waals surface area contributed by atoms with Gasteiger partial charge in [-0.2, -0.15) is 0 Å². The molecule has 0 bridgehead atoms. The van der Waals surface area contributed by atoms with Crippen LogP contribution in [0.3, 0.4) is 0 Å². The molecule has 0 radical (unpaired) electrons. The second kappa shape index (κ2) is 4.50. The lowest BCUT2D eigenvalue weighted by Gasteiger charge is -2.47. The first-order valence-corrected chi connectivity index (χ1v) is 6.45. The molecule has 2 rings (SSSR count). The van der Waals surface area contributed by atoms with Gasteiger partial charge in [-0.25, -0.2) is 0 Å². The number of rotatable bonds is 1. The molecule has 2 fully saturated rings. The molecule has 1 saturated heterocycles. The van der Waals surface area contributed by atoms with Crippen LogP contribution in [0.1, 0.15) is 47.0 Å². The van der Waals surface area contributed by atoms with Crippen LogP contribution in [0, 0.1) is 11.3 Å². The molecule has 2 heteroatoms. The van der Waals surface area contributed by atoms with E-state index >= 15 is 0 Å². The van der Waals surface area contributed by atoms with E-state index in [9.17, 15) is 0 Å². The summed E-state index contributed by atoms with van der Waals surface area (Å²) in [4.78, 5) is 0. The molecule has 0 aromatic carbocycles. The van der Waals surface area contributed by atoms with Gasteiger partial charge in [0.15, 0.2) is 6.29 Å². The van der Waals surface area contributed by atoms with Crippen molar-refractivity contribution in [2.45, 2.75) is 65.5 Å². The van der Waals surface area contributed by atoms with Crippen molar-refractivity contribution < 1.29 is 9.47 Å². The van der Waals surface area contributed by atoms with Gasteiger partial charge in [-0.1, -0.05) is 19.9 Å². The molecule has 0 N–H and O–H groups in total. The molecule has 4 atom stereocenters. The first-order chi connectivity index (χ1) is 7.52. The maximum absolute atomic E-state index is 5.99. The first-order valence-electron chi connectivity index (χ1n) is 6.45. The molecule has 2 nitrogen and oxygen atoms in total. The molecule has 1 aliphatic carbocycles. The molecule has 4 unspecified atom stereocenters. The van der Waals surface area contributed by atoms with E-state index in [1.165, 1.54) is 19.3 Å². The largest absolute Gasteiger partial charge is 0.346 e. The van der Waals surface area contributed by atoms with Crippen LogP contribution in [0.4, 0.5) is 0 Å². The fraction of sp³-hybridized carbons (Fsp3) is 0.857. The summed E-state index contributed by atoms with van der Waals surface area (Å²) >= 11 is 0. The average Bonchev–Trinajstić information content (AvgIpc) is 2.19. The maximum Gasteiger partial charge on any atom is 0.177 e. The lowest BCUT2D eigenvalue weighted by atomic mass is 9.69. The number of hydrogen-bond donors (Lipinski definition) is 0. The van der Waals surface area contributed by atoms with Crippen LogP contribution in [0.15, 0.2) is 12.2 Å². The van der Waals surface area contributed by atoms with Gasteiger partial charge in [-0.15, -0.1) is 0 Å². The summed E-state index contributed by atoms with van der Waals surface area (Å²) in [6, 6.07) is 0. The van der Waals surface area contributed by atoms with Crippen LogP contribution in [-0.4, -0.2) is 18.5 Å². The summed E-state index contributed by atoms with van der Waals surface area (Å²) in [5.74, 6) is 0.574. The van der Waals surface area contributed by atoms with Gasteiger partial charge >= 0.3 is 0 Å². The molecule has 2 aliphatic rings. The molecule has 1 aliphatic heterocycles. The molecule has 0 aromatic rings. The smallest absolute Gasteiger partial charge is 0.177 e. The van der Waals surface area contributed by atoms with Crippen molar-refractivity contribution in [2.24, 2.45) is 11.3 Å². The monoisotopic (exact) mass is 224 g/mol. The Labute approximate surface area is 99.0 Å². The van der Waals surface area contributed by atoms with Gasteiger partial charge in [0.2, 0.25) is 0 Å². The normalized spacial score (nSPS) is 43.2. The highest BCUT2D eigenvalue weighted by Crippen LogP contribution is 2.44. The highest BCUT2D eigenvalue weighted by Gasteiger charge is 2.42. The molecule has 0 spiro atoms. The second-order valence-electron chi connectivity index (χ2n) is 5.98. The van der Waals surface area contributed by atoms with Crippen molar-refractivity contribution in [3.63, 3.8) is 0 Å². The van der Waals surface area contributed by atoms with Gasteiger partial charge in [0, 0.05) is 5.92 Å². The molecule has 0 aromatic heterocycles. The van der Waals surface area contributed by atoms with Gasteiger partial charge in [-0.05, 0) is 44.6 Å². The standard InChI is InChI=1S/C14H24O2/c1-5-6-13-15-10(2)11-9-14(3,4)8-7-12(11)16-13/h5-6,10-13H,7-9H2,1-4H3/b6-5+. The fourth-order valence-corrected chi connectivity index (χ4v) is 3.02. The molecular formula is C14H24O2. The van der Waals surface area contributed by atoms with Gasteiger partial charge in [0.05, 0.1) is 12.2 Å². The van der Waals surface area contributed by atoms with E-state index in [1.54, 1.807) is 0 Å². The van der Waals surface area contributed by atoms with Gasteiger partial charge in [0.1, 0.15) is 0 Å². The third-order valence-electron chi connectivity index (χ3n) is 3.98.